The number of hydrogen-bond donors (Lipinski definition) is 3. The van der Waals surface area contributed by atoms with Gasteiger partial charge >= 0.3 is 6.09 Å². The van der Waals surface area contributed by atoms with Gasteiger partial charge in [0.05, 0.1) is 12.0 Å². The van der Waals surface area contributed by atoms with Crippen LogP contribution in [0.15, 0.2) is 18.2 Å². The third-order valence-corrected chi connectivity index (χ3v) is 7.03. The van der Waals surface area contributed by atoms with Gasteiger partial charge in [-0.05, 0) is 49.3 Å². The van der Waals surface area contributed by atoms with E-state index in [9.17, 15) is 14.4 Å². The highest BCUT2D eigenvalue weighted by Crippen LogP contribution is 2.45. The van der Waals surface area contributed by atoms with Gasteiger partial charge in [-0.25, -0.2) is 4.79 Å². The lowest BCUT2D eigenvalue weighted by Gasteiger charge is -2.31. The second kappa shape index (κ2) is 10.5. The second-order valence-electron chi connectivity index (χ2n) is 9.05. The molecule has 3 N–H and O–H groups in total. The molecule has 2 fully saturated rings. The van der Waals surface area contributed by atoms with Gasteiger partial charge in [-0.3, -0.25) is 9.59 Å². The molecule has 1 aromatic rings. The highest BCUT2D eigenvalue weighted by molar-refractivity contribution is 6.07. The van der Waals surface area contributed by atoms with Gasteiger partial charge in [-0.15, -0.1) is 0 Å². The van der Waals surface area contributed by atoms with Crippen LogP contribution in [0.3, 0.4) is 0 Å². The van der Waals surface area contributed by atoms with Crippen LogP contribution in [-0.2, 0) is 29.2 Å². The molecule has 180 valence electrons. The van der Waals surface area contributed by atoms with Crippen molar-refractivity contribution in [2.45, 2.75) is 56.4 Å². The van der Waals surface area contributed by atoms with Crippen molar-refractivity contribution < 1.29 is 28.6 Å². The summed E-state index contributed by atoms with van der Waals surface area (Å²) >= 11 is 0. The minimum Gasteiger partial charge on any atom is -0.447 e. The van der Waals surface area contributed by atoms with E-state index in [1.807, 2.05) is 12.1 Å². The zero-order valence-electron chi connectivity index (χ0n) is 19.1. The molecule has 3 amide bonds. The zero-order chi connectivity index (χ0) is 23.3. The van der Waals surface area contributed by atoms with Crippen molar-refractivity contribution in [3.63, 3.8) is 0 Å². The van der Waals surface area contributed by atoms with Crippen LogP contribution in [0.25, 0.3) is 0 Å². The van der Waals surface area contributed by atoms with Crippen LogP contribution in [-0.4, -0.2) is 57.5 Å². The topological polar surface area (TPSA) is 115 Å². The van der Waals surface area contributed by atoms with Gasteiger partial charge in [0, 0.05) is 31.7 Å². The molecule has 0 bridgehead atoms. The van der Waals surface area contributed by atoms with E-state index in [1.54, 1.807) is 6.07 Å². The second-order valence-corrected chi connectivity index (χ2v) is 9.05. The molecule has 1 atom stereocenters. The molecular weight excluding hydrogens is 426 g/mol. The zero-order valence-corrected chi connectivity index (χ0v) is 19.1. The molecular formula is C24H33N3O6. The van der Waals surface area contributed by atoms with E-state index in [0.717, 1.165) is 43.4 Å². The monoisotopic (exact) mass is 459 g/mol. The highest BCUT2D eigenvalue weighted by Gasteiger charge is 2.47. The number of carbonyl (C=O) groups is 3. The Morgan fingerprint density at radius 1 is 1.18 bits per heavy atom. The standard InChI is InChI=1S/C24H33N3O6/c1-31-13-14-33-23(30)27-20(16-5-3-2-4-6-16)21(28)25-17-7-8-18-19(15-17)26-22(29)24(18)9-11-32-12-10-24/h7-8,15-16,20H,2-6,9-14H2,1H3,(H,25,28)(H,26,29)(H,27,30). The fraction of sp³-hybridized carbons (Fsp3) is 0.625. The van der Waals surface area contributed by atoms with Crippen LogP contribution in [0.5, 0.6) is 0 Å². The maximum Gasteiger partial charge on any atom is 0.407 e. The third kappa shape index (κ3) is 5.14. The number of benzene rings is 1. The van der Waals surface area contributed by atoms with Crippen LogP contribution < -0.4 is 16.0 Å². The van der Waals surface area contributed by atoms with Crippen LogP contribution in [0.1, 0.15) is 50.5 Å². The summed E-state index contributed by atoms with van der Waals surface area (Å²) in [5.74, 6) is -0.242. The maximum atomic E-state index is 13.2. The number of carbonyl (C=O) groups excluding carboxylic acids is 3. The normalized spacial score (nSPS) is 20.6. The summed E-state index contributed by atoms with van der Waals surface area (Å²) in [6.07, 6.45) is 5.63. The Balaban J connectivity index is 1.47. The number of hydrogen-bond acceptors (Lipinski definition) is 6. The van der Waals surface area contributed by atoms with Crippen molar-refractivity contribution in [1.82, 2.24) is 5.32 Å². The molecule has 1 unspecified atom stereocenters. The average Bonchev–Trinajstić information content (AvgIpc) is 3.08. The Hall–Kier alpha value is -2.65. The summed E-state index contributed by atoms with van der Waals surface area (Å²) in [5.41, 5.74) is 1.71. The molecule has 1 aliphatic carbocycles. The predicted octanol–water partition coefficient (Wildman–Crippen LogP) is 2.95. The van der Waals surface area contributed by atoms with Crippen molar-refractivity contribution in [2.24, 2.45) is 5.92 Å². The molecule has 0 aromatic heterocycles. The van der Waals surface area contributed by atoms with Gasteiger partial charge in [0.2, 0.25) is 11.8 Å². The van der Waals surface area contributed by atoms with E-state index in [2.05, 4.69) is 16.0 Å². The first-order valence-corrected chi connectivity index (χ1v) is 11.8. The first-order valence-electron chi connectivity index (χ1n) is 11.8. The molecule has 1 saturated heterocycles. The summed E-state index contributed by atoms with van der Waals surface area (Å²) in [6.45, 7) is 1.53. The van der Waals surface area contributed by atoms with Crippen molar-refractivity contribution in [3.8, 4) is 0 Å². The minimum atomic E-state index is -0.690. The van der Waals surface area contributed by atoms with Crippen molar-refractivity contribution >= 4 is 29.3 Å². The predicted molar refractivity (Wildman–Crippen MR) is 122 cm³/mol. The Kier molecular flexibility index (Phi) is 7.49. The van der Waals surface area contributed by atoms with E-state index in [-0.39, 0.29) is 24.3 Å². The fourth-order valence-corrected chi connectivity index (χ4v) is 5.19. The SMILES string of the molecule is COCCOC(=O)NC(C(=O)Nc1ccc2c(c1)NC(=O)C21CCOCC1)C1CCCCC1. The summed E-state index contributed by atoms with van der Waals surface area (Å²) < 4.78 is 15.5. The van der Waals surface area contributed by atoms with Gasteiger partial charge in [0.15, 0.2) is 0 Å². The molecule has 1 spiro atoms. The minimum absolute atomic E-state index is 0.00942. The average molecular weight is 460 g/mol. The van der Waals surface area contributed by atoms with E-state index in [4.69, 9.17) is 14.2 Å². The van der Waals surface area contributed by atoms with E-state index < -0.39 is 17.6 Å². The molecule has 3 aliphatic rings. The van der Waals surface area contributed by atoms with Gasteiger partial charge in [-0.1, -0.05) is 25.3 Å². The number of alkyl carbamates (subject to hydrolysis) is 1. The molecule has 4 rings (SSSR count). The molecule has 2 aliphatic heterocycles. The fourth-order valence-electron chi connectivity index (χ4n) is 5.19. The number of anilines is 2. The van der Waals surface area contributed by atoms with Gasteiger partial charge in [-0.2, -0.15) is 0 Å². The number of nitrogens with one attached hydrogen (secondary N) is 3. The van der Waals surface area contributed by atoms with Crippen LogP contribution in [0.2, 0.25) is 0 Å². The largest absolute Gasteiger partial charge is 0.447 e. The summed E-state index contributed by atoms with van der Waals surface area (Å²) in [6, 6.07) is 4.84. The maximum absolute atomic E-state index is 13.2. The molecule has 1 saturated carbocycles. The number of amides is 3. The van der Waals surface area contributed by atoms with Crippen LogP contribution >= 0.6 is 0 Å². The van der Waals surface area contributed by atoms with Crippen LogP contribution in [0, 0.1) is 5.92 Å². The van der Waals surface area contributed by atoms with E-state index in [1.165, 1.54) is 7.11 Å². The quantitative estimate of drug-likeness (QED) is 0.540. The van der Waals surface area contributed by atoms with E-state index in [0.29, 0.717) is 38.3 Å². The Bertz CT molecular complexity index is 877. The first-order chi connectivity index (χ1) is 16.0. The molecule has 9 heteroatoms. The number of fused-ring (bicyclic) bond motifs is 2. The lowest BCUT2D eigenvalue weighted by molar-refractivity contribution is -0.124. The van der Waals surface area contributed by atoms with Crippen LogP contribution in [0.4, 0.5) is 16.2 Å². The molecule has 2 heterocycles. The van der Waals surface area contributed by atoms with Crippen molar-refractivity contribution in [3.05, 3.63) is 23.8 Å². The number of methoxy groups -OCH3 is 1. The Morgan fingerprint density at radius 2 is 1.94 bits per heavy atom. The lowest BCUT2D eigenvalue weighted by atomic mass is 9.75. The van der Waals surface area contributed by atoms with Gasteiger partial charge < -0.3 is 30.2 Å². The molecule has 33 heavy (non-hydrogen) atoms. The van der Waals surface area contributed by atoms with Crippen molar-refractivity contribution in [1.29, 1.82) is 0 Å². The third-order valence-electron chi connectivity index (χ3n) is 7.03. The summed E-state index contributed by atoms with van der Waals surface area (Å²) in [4.78, 5) is 38.3. The number of rotatable bonds is 7. The first kappa shape index (κ1) is 23.5. The molecule has 1 aromatic carbocycles. The molecule has 9 nitrogen and oxygen atoms in total. The van der Waals surface area contributed by atoms with E-state index >= 15 is 0 Å². The lowest BCUT2D eigenvalue weighted by Crippen LogP contribution is -2.49. The highest BCUT2D eigenvalue weighted by atomic mass is 16.6. The van der Waals surface area contributed by atoms with Crippen molar-refractivity contribution in [2.75, 3.05) is 44.2 Å². The Labute approximate surface area is 193 Å². The Morgan fingerprint density at radius 3 is 2.67 bits per heavy atom. The number of ether oxygens (including phenoxy) is 3. The summed E-state index contributed by atoms with van der Waals surface area (Å²) in [5, 5.41) is 8.67. The smallest absolute Gasteiger partial charge is 0.407 e. The summed E-state index contributed by atoms with van der Waals surface area (Å²) in [7, 11) is 1.53. The van der Waals surface area contributed by atoms with Gasteiger partial charge in [0.1, 0.15) is 12.6 Å². The molecule has 0 radical (unpaired) electrons. The van der Waals surface area contributed by atoms with Gasteiger partial charge in [0.25, 0.3) is 0 Å².